The van der Waals surface area contributed by atoms with E-state index in [0.29, 0.717) is 30.6 Å². The monoisotopic (exact) mass is 473 g/mol. The normalized spacial score (nSPS) is 11.7. The first-order valence-corrected chi connectivity index (χ1v) is 10.7. The number of benzene rings is 3. The lowest BCUT2D eigenvalue weighted by molar-refractivity contribution is 0.261. The van der Waals surface area contributed by atoms with E-state index in [2.05, 4.69) is 0 Å². The summed E-state index contributed by atoms with van der Waals surface area (Å²) in [4.78, 5) is 2.04. The Morgan fingerprint density at radius 2 is 1.61 bits per heavy atom. The van der Waals surface area contributed by atoms with E-state index in [0.717, 1.165) is 35.1 Å². The molecule has 0 bridgehead atoms. The van der Waals surface area contributed by atoms with Gasteiger partial charge < -0.3 is 14.7 Å². The van der Waals surface area contributed by atoms with Crippen LogP contribution in [0.5, 0.6) is 5.75 Å². The fourth-order valence-electron chi connectivity index (χ4n) is 3.56. The van der Waals surface area contributed by atoms with Gasteiger partial charge in [0.15, 0.2) is 0 Å². The zero-order valence-corrected chi connectivity index (χ0v) is 19.7. The molecule has 1 N–H and O–H groups in total. The molecule has 0 spiro atoms. The van der Waals surface area contributed by atoms with Crippen LogP contribution in [-0.4, -0.2) is 43.9 Å². The molecule has 0 radical (unpaired) electrons. The first kappa shape index (κ1) is 26.5. The van der Waals surface area contributed by atoms with E-state index >= 15 is 0 Å². The van der Waals surface area contributed by atoms with Gasteiger partial charge in [-0.2, -0.15) is 0 Å². The molecular weight excluding hydrogens is 444 g/mol. The predicted octanol–water partition coefficient (Wildman–Crippen LogP) is 6.06. The quantitative estimate of drug-likeness (QED) is 0.363. The van der Waals surface area contributed by atoms with Crippen molar-refractivity contribution in [2.45, 2.75) is 12.8 Å². The molecule has 0 atom stereocenters. The van der Waals surface area contributed by atoms with Crippen LogP contribution in [0.2, 0.25) is 0 Å². The number of nitrogens with zero attached hydrogens (tertiary/aromatic N) is 1. The van der Waals surface area contributed by atoms with Crippen molar-refractivity contribution in [1.29, 1.82) is 0 Å². The Morgan fingerprint density at radius 3 is 2.21 bits per heavy atom. The number of aliphatic hydroxyl groups excluding tert-OH is 1. The van der Waals surface area contributed by atoms with Gasteiger partial charge in [0, 0.05) is 24.8 Å². The molecule has 0 saturated carbocycles. The molecule has 3 aromatic rings. The number of likely N-dealkylation sites (N-methyl/N-ethyl adjacent to an activating group) is 1. The second-order valence-electron chi connectivity index (χ2n) is 7.85. The maximum Gasteiger partial charge on any atom is 0.133 e. The van der Waals surface area contributed by atoms with E-state index in [1.54, 1.807) is 0 Å². The lowest BCUT2D eigenvalue weighted by atomic mass is 9.87. The van der Waals surface area contributed by atoms with Crippen LogP contribution in [-0.2, 0) is 0 Å². The van der Waals surface area contributed by atoms with E-state index in [-0.39, 0.29) is 19.0 Å². The topological polar surface area (TPSA) is 32.7 Å². The highest BCUT2D eigenvalue weighted by molar-refractivity contribution is 5.98. The highest BCUT2D eigenvalue weighted by Crippen LogP contribution is 2.37. The van der Waals surface area contributed by atoms with Crippen molar-refractivity contribution in [3.63, 3.8) is 0 Å². The zero-order chi connectivity index (χ0) is 22.9. The smallest absolute Gasteiger partial charge is 0.133 e. The third-order valence-electron chi connectivity index (χ3n) is 5.16. The molecule has 6 heteroatoms. The molecule has 0 saturated heterocycles. The molecule has 0 unspecified atom stereocenters. The molecule has 3 nitrogen and oxygen atoms in total. The first-order valence-electron chi connectivity index (χ1n) is 10.7. The van der Waals surface area contributed by atoms with Gasteiger partial charge >= 0.3 is 0 Å². The number of aliphatic hydroxyl groups is 1. The Balaban J connectivity index is 0.00000385. The van der Waals surface area contributed by atoms with Crippen LogP contribution in [0.4, 0.5) is 8.78 Å². The van der Waals surface area contributed by atoms with Crippen molar-refractivity contribution in [2.75, 3.05) is 33.9 Å². The summed E-state index contributed by atoms with van der Waals surface area (Å²) in [5, 5.41) is 9.47. The van der Waals surface area contributed by atoms with Gasteiger partial charge in [0.2, 0.25) is 0 Å². The molecule has 3 aromatic carbocycles. The van der Waals surface area contributed by atoms with Crippen molar-refractivity contribution in [2.24, 2.45) is 0 Å². The van der Waals surface area contributed by atoms with Crippen LogP contribution in [0.25, 0.3) is 11.1 Å². The Labute approximate surface area is 200 Å². The van der Waals surface area contributed by atoms with E-state index in [4.69, 9.17) is 4.74 Å². The molecule has 0 fully saturated rings. The molecule has 3 rings (SSSR count). The molecule has 33 heavy (non-hydrogen) atoms. The van der Waals surface area contributed by atoms with Crippen LogP contribution in [0.15, 0.2) is 72.8 Å². The number of hydrogen-bond acceptors (Lipinski definition) is 3. The minimum absolute atomic E-state index is 0. The van der Waals surface area contributed by atoms with Gasteiger partial charge in [0.05, 0.1) is 0 Å². The van der Waals surface area contributed by atoms with Crippen molar-refractivity contribution in [3.05, 3.63) is 101 Å². The molecule has 0 aliphatic rings. The van der Waals surface area contributed by atoms with Gasteiger partial charge in [0.25, 0.3) is 0 Å². The maximum absolute atomic E-state index is 15.0. The largest absolute Gasteiger partial charge is 0.492 e. The summed E-state index contributed by atoms with van der Waals surface area (Å²) in [6, 6.07) is 20.9. The summed E-state index contributed by atoms with van der Waals surface area (Å²) in [6.07, 6.45) is 1.08. The number of ether oxygens (including phenoxy) is 1. The van der Waals surface area contributed by atoms with Crippen molar-refractivity contribution in [3.8, 4) is 5.75 Å². The van der Waals surface area contributed by atoms with Gasteiger partial charge in [-0.1, -0.05) is 42.5 Å². The Bertz CT molecular complexity index is 1040. The molecule has 0 aliphatic heterocycles. The summed E-state index contributed by atoms with van der Waals surface area (Å²) in [6.45, 7) is 1.38. The molecule has 176 valence electrons. The van der Waals surface area contributed by atoms with Gasteiger partial charge in [-0.3, -0.25) is 0 Å². The minimum atomic E-state index is -0.622. The van der Waals surface area contributed by atoms with Crippen LogP contribution < -0.4 is 4.74 Å². The SMILES string of the molecule is CN(C)CCOc1ccc(/C(=C(/CCCO)c2ccccc2)c2ccc(F)cc2F)cc1.Cl. The number of allylic oxidation sites excluding steroid dienone is 1. The summed E-state index contributed by atoms with van der Waals surface area (Å²) >= 11 is 0. The summed E-state index contributed by atoms with van der Waals surface area (Å²) in [7, 11) is 3.97. The van der Waals surface area contributed by atoms with Crippen LogP contribution in [0, 0.1) is 11.6 Å². The third kappa shape index (κ3) is 7.39. The first-order chi connectivity index (χ1) is 15.5. The lowest BCUT2D eigenvalue weighted by Crippen LogP contribution is -2.19. The summed E-state index contributed by atoms with van der Waals surface area (Å²) in [5.74, 6) is -0.512. The predicted molar refractivity (Wildman–Crippen MR) is 133 cm³/mol. The van der Waals surface area contributed by atoms with Crippen LogP contribution >= 0.6 is 12.4 Å². The van der Waals surface area contributed by atoms with Gasteiger partial charge in [-0.15, -0.1) is 12.4 Å². The van der Waals surface area contributed by atoms with E-state index in [1.807, 2.05) is 73.6 Å². The van der Waals surface area contributed by atoms with Gasteiger partial charge in [-0.05, 0) is 73.5 Å². The number of hydrogen-bond donors (Lipinski definition) is 1. The van der Waals surface area contributed by atoms with Crippen LogP contribution in [0.3, 0.4) is 0 Å². The highest BCUT2D eigenvalue weighted by Gasteiger charge is 2.18. The second-order valence-corrected chi connectivity index (χ2v) is 7.85. The Morgan fingerprint density at radius 1 is 0.909 bits per heavy atom. The molecular formula is C27H30ClF2NO2. The number of rotatable bonds is 10. The molecule has 0 aliphatic carbocycles. The lowest BCUT2D eigenvalue weighted by Gasteiger charge is -2.18. The standard InChI is InChI=1S/C27H29F2NO2.ClH/c1-30(2)16-18-32-23-13-10-21(11-14-23)27(25-15-12-22(28)19-26(25)29)24(9-6-17-31)20-7-4-3-5-8-20;/h3-5,7-8,10-15,19,31H,6,9,16-18H2,1-2H3;1H/b27-24+;. The maximum atomic E-state index is 15.0. The van der Waals surface area contributed by atoms with Crippen molar-refractivity contribution >= 4 is 23.6 Å². The minimum Gasteiger partial charge on any atom is -0.492 e. The van der Waals surface area contributed by atoms with E-state index in [9.17, 15) is 13.9 Å². The molecule has 0 aromatic heterocycles. The van der Waals surface area contributed by atoms with E-state index in [1.165, 1.54) is 12.1 Å². The highest BCUT2D eigenvalue weighted by atomic mass is 35.5. The Kier molecular flexibility index (Phi) is 10.5. The average molecular weight is 474 g/mol. The van der Waals surface area contributed by atoms with Crippen molar-refractivity contribution < 1.29 is 18.6 Å². The second kappa shape index (κ2) is 13.1. The summed E-state index contributed by atoms with van der Waals surface area (Å²) in [5.41, 5.74) is 3.64. The number of halogens is 3. The Hall–Kier alpha value is -2.73. The van der Waals surface area contributed by atoms with Gasteiger partial charge in [-0.25, -0.2) is 8.78 Å². The van der Waals surface area contributed by atoms with Crippen molar-refractivity contribution in [1.82, 2.24) is 4.90 Å². The summed E-state index contributed by atoms with van der Waals surface area (Å²) < 4.78 is 34.4. The fraction of sp³-hybridized carbons (Fsp3) is 0.259. The van der Waals surface area contributed by atoms with E-state index < -0.39 is 11.6 Å². The zero-order valence-electron chi connectivity index (χ0n) is 18.9. The van der Waals surface area contributed by atoms with Gasteiger partial charge in [0.1, 0.15) is 24.0 Å². The average Bonchev–Trinajstić information content (AvgIpc) is 2.78. The molecule has 0 amide bonds. The fourth-order valence-corrected chi connectivity index (χ4v) is 3.56. The van der Waals surface area contributed by atoms with Crippen LogP contribution in [0.1, 0.15) is 29.5 Å². The third-order valence-corrected chi connectivity index (χ3v) is 5.16. The molecule has 0 heterocycles.